The Bertz CT molecular complexity index is 257. The Labute approximate surface area is 79.3 Å². The molecule has 1 N–H and O–H groups in total. The van der Waals surface area contributed by atoms with E-state index >= 15 is 0 Å². The van der Waals surface area contributed by atoms with Gasteiger partial charge in [-0.15, -0.1) is 0 Å². The molecule has 0 saturated heterocycles. The summed E-state index contributed by atoms with van der Waals surface area (Å²) in [6.45, 7) is 8.70. The van der Waals surface area contributed by atoms with Crippen LogP contribution in [0.15, 0.2) is 36.5 Å². The van der Waals surface area contributed by atoms with E-state index in [4.69, 9.17) is 5.11 Å². The second kappa shape index (κ2) is 4.65. The van der Waals surface area contributed by atoms with Crippen molar-refractivity contribution >= 4 is 5.97 Å². The van der Waals surface area contributed by atoms with E-state index in [0.717, 1.165) is 5.57 Å². The van der Waals surface area contributed by atoms with Crippen LogP contribution < -0.4 is 0 Å². The third-order valence-electron chi connectivity index (χ3n) is 2.11. The zero-order chi connectivity index (χ0) is 10.5. The van der Waals surface area contributed by atoms with Gasteiger partial charge in [0.2, 0.25) is 0 Å². The van der Waals surface area contributed by atoms with E-state index in [2.05, 4.69) is 6.58 Å². The zero-order valence-electron chi connectivity index (χ0n) is 8.37. The highest BCUT2D eigenvalue weighted by molar-refractivity contribution is 5.77. The summed E-state index contributed by atoms with van der Waals surface area (Å²) >= 11 is 0. The van der Waals surface area contributed by atoms with E-state index in [1.165, 1.54) is 0 Å². The van der Waals surface area contributed by atoms with Crippen molar-refractivity contribution in [2.45, 2.75) is 20.8 Å². The first-order chi connectivity index (χ1) is 5.92. The lowest BCUT2D eigenvalue weighted by molar-refractivity contribution is -0.144. The fourth-order valence-electron chi connectivity index (χ4n) is 0.655. The van der Waals surface area contributed by atoms with Gasteiger partial charge in [0.15, 0.2) is 0 Å². The smallest absolute Gasteiger partial charge is 0.313 e. The van der Waals surface area contributed by atoms with E-state index in [9.17, 15) is 4.79 Å². The molecule has 0 aromatic carbocycles. The maximum atomic E-state index is 10.8. The molecule has 0 aliphatic heterocycles. The first-order valence-corrected chi connectivity index (χ1v) is 4.12. The molecule has 0 radical (unpaired) electrons. The average molecular weight is 180 g/mol. The van der Waals surface area contributed by atoms with Crippen LogP contribution in [0.25, 0.3) is 0 Å². The molecule has 0 unspecified atom stereocenters. The Balaban J connectivity index is 4.66. The summed E-state index contributed by atoms with van der Waals surface area (Å²) in [5.74, 6) is -0.812. The quantitative estimate of drug-likeness (QED) is 0.675. The molecule has 13 heavy (non-hydrogen) atoms. The van der Waals surface area contributed by atoms with Crippen LogP contribution in [0.3, 0.4) is 0 Å². The van der Waals surface area contributed by atoms with Gasteiger partial charge in [-0.05, 0) is 20.8 Å². The number of carboxylic acids is 1. The standard InChI is InChI=1S/C11H16O2/c1-5-6-7-8-9(2)11(3,4)10(12)13/h5-8H,1H2,2-4H3,(H,12,13)/b7-6-,9-8+. The molecule has 0 heterocycles. The Morgan fingerprint density at radius 1 is 1.38 bits per heavy atom. The van der Waals surface area contributed by atoms with Gasteiger partial charge >= 0.3 is 5.97 Å². The molecule has 2 heteroatoms. The van der Waals surface area contributed by atoms with Gasteiger partial charge in [-0.2, -0.15) is 0 Å². The molecule has 0 aliphatic rings. The first-order valence-electron chi connectivity index (χ1n) is 4.12. The molecular formula is C11H16O2. The van der Waals surface area contributed by atoms with Crippen LogP contribution in [0, 0.1) is 5.41 Å². The number of allylic oxidation sites excluding steroid dienone is 4. The molecule has 0 rings (SSSR count). The van der Waals surface area contributed by atoms with Crippen molar-refractivity contribution in [2.75, 3.05) is 0 Å². The van der Waals surface area contributed by atoms with Gasteiger partial charge in [0.1, 0.15) is 0 Å². The molecule has 0 amide bonds. The Morgan fingerprint density at radius 2 is 1.92 bits per heavy atom. The normalized spacial score (nSPS) is 13.3. The van der Waals surface area contributed by atoms with Gasteiger partial charge in [0.25, 0.3) is 0 Å². The maximum absolute atomic E-state index is 10.8. The predicted octanol–water partition coefficient (Wildman–Crippen LogP) is 2.79. The lowest BCUT2D eigenvalue weighted by Gasteiger charge is -2.19. The second-order valence-corrected chi connectivity index (χ2v) is 3.40. The number of carbonyl (C=O) groups is 1. The van der Waals surface area contributed by atoms with E-state index in [1.807, 2.05) is 6.92 Å². The van der Waals surface area contributed by atoms with Gasteiger partial charge in [-0.25, -0.2) is 0 Å². The summed E-state index contributed by atoms with van der Waals surface area (Å²) in [5.41, 5.74) is 0.0176. The molecule has 2 nitrogen and oxygen atoms in total. The van der Waals surface area contributed by atoms with Crippen LogP contribution in [0.2, 0.25) is 0 Å². The predicted molar refractivity (Wildman–Crippen MR) is 54.5 cm³/mol. The van der Waals surface area contributed by atoms with Crippen molar-refractivity contribution in [3.63, 3.8) is 0 Å². The van der Waals surface area contributed by atoms with Gasteiger partial charge < -0.3 is 5.11 Å². The van der Waals surface area contributed by atoms with Gasteiger partial charge in [0.05, 0.1) is 5.41 Å². The molecule has 0 aromatic heterocycles. The minimum absolute atomic E-state index is 0.800. The molecule has 0 saturated carbocycles. The first kappa shape index (κ1) is 11.7. The van der Waals surface area contributed by atoms with Crippen molar-refractivity contribution in [3.8, 4) is 0 Å². The largest absolute Gasteiger partial charge is 0.481 e. The van der Waals surface area contributed by atoms with Crippen LogP contribution in [0.5, 0.6) is 0 Å². The average Bonchev–Trinajstić information content (AvgIpc) is 2.04. The highest BCUT2D eigenvalue weighted by atomic mass is 16.4. The summed E-state index contributed by atoms with van der Waals surface area (Å²) in [5, 5.41) is 8.88. The van der Waals surface area contributed by atoms with Crippen LogP contribution in [-0.2, 0) is 4.79 Å². The van der Waals surface area contributed by atoms with Crippen LogP contribution in [0.1, 0.15) is 20.8 Å². The Hall–Kier alpha value is -1.31. The Morgan fingerprint density at radius 3 is 2.31 bits per heavy atom. The lowest BCUT2D eigenvalue weighted by Crippen LogP contribution is -2.24. The SMILES string of the molecule is C=C/C=C\C=C(/C)C(C)(C)C(=O)O. The minimum atomic E-state index is -0.812. The van der Waals surface area contributed by atoms with E-state index < -0.39 is 11.4 Å². The minimum Gasteiger partial charge on any atom is -0.481 e. The lowest BCUT2D eigenvalue weighted by atomic mass is 9.85. The third-order valence-corrected chi connectivity index (χ3v) is 2.11. The number of aliphatic carboxylic acids is 1. The molecule has 0 spiro atoms. The van der Waals surface area contributed by atoms with E-state index in [1.54, 1.807) is 38.2 Å². The molecule has 0 fully saturated rings. The Kier molecular flexibility index (Phi) is 4.18. The topological polar surface area (TPSA) is 37.3 Å². The third kappa shape index (κ3) is 3.28. The molecule has 0 aliphatic carbocycles. The monoisotopic (exact) mass is 180 g/mol. The fourth-order valence-corrected chi connectivity index (χ4v) is 0.655. The van der Waals surface area contributed by atoms with Crippen molar-refractivity contribution < 1.29 is 9.90 Å². The van der Waals surface area contributed by atoms with Crippen LogP contribution >= 0.6 is 0 Å². The number of carboxylic acid groups (broad SMARTS) is 1. The van der Waals surface area contributed by atoms with Gasteiger partial charge in [-0.1, -0.05) is 36.5 Å². The number of hydrogen-bond acceptors (Lipinski definition) is 1. The van der Waals surface area contributed by atoms with E-state index in [0.29, 0.717) is 0 Å². The van der Waals surface area contributed by atoms with Crippen LogP contribution in [0.4, 0.5) is 0 Å². The molecule has 72 valence electrons. The van der Waals surface area contributed by atoms with Crippen molar-refractivity contribution in [1.82, 2.24) is 0 Å². The van der Waals surface area contributed by atoms with Crippen molar-refractivity contribution in [3.05, 3.63) is 36.5 Å². The summed E-state index contributed by atoms with van der Waals surface area (Å²) in [6, 6.07) is 0. The summed E-state index contributed by atoms with van der Waals surface area (Å²) < 4.78 is 0. The molecule has 0 aromatic rings. The van der Waals surface area contributed by atoms with Gasteiger partial charge in [-0.3, -0.25) is 4.79 Å². The summed E-state index contributed by atoms with van der Waals surface area (Å²) in [6.07, 6.45) is 6.99. The molecule has 0 atom stereocenters. The highest BCUT2D eigenvalue weighted by Gasteiger charge is 2.28. The van der Waals surface area contributed by atoms with E-state index in [-0.39, 0.29) is 0 Å². The summed E-state index contributed by atoms with van der Waals surface area (Å²) in [4.78, 5) is 10.8. The van der Waals surface area contributed by atoms with Crippen molar-refractivity contribution in [2.24, 2.45) is 5.41 Å². The number of rotatable bonds is 4. The molecular weight excluding hydrogens is 164 g/mol. The van der Waals surface area contributed by atoms with Crippen LogP contribution in [-0.4, -0.2) is 11.1 Å². The second-order valence-electron chi connectivity index (χ2n) is 3.40. The highest BCUT2D eigenvalue weighted by Crippen LogP contribution is 2.25. The van der Waals surface area contributed by atoms with Crippen molar-refractivity contribution in [1.29, 1.82) is 0 Å². The van der Waals surface area contributed by atoms with Gasteiger partial charge in [0, 0.05) is 0 Å². The summed E-state index contributed by atoms with van der Waals surface area (Å²) in [7, 11) is 0. The zero-order valence-corrected chi connectivity index (χ0v) is 8.37. The maximum Gasteiger partial charge on any atom is 0.313 e. The number of hydrogen-bond donors (Lipinski definition) is 1. The molecule has 0 bridgehead atoms. The fraction of sp³-hybridized carbons (Fsp3) is 0.364.